The van der Waals surface area contributed by atoms with E-state index >= 15 is 0 Å². The maximum atomic E-state index is 10.8. The Hall–Kier alpha value is -1.52. The van der Waals surface area contributed by atoms with Crippen LogP contribution in [0.2, 0.25) is 0 Å². The molecule has 2 amide bonds. The number of hydrogen-bond acceptors (Lipinski definition) is 3. The number of nitrogens with zero attached hydrogens (tertiary/aromatic N) is 1. The van der Waals surface area contributed by atoms with Crippen LogP contribution in [0, 0.1) is 0 Å². The van der Waals surface area contributed by atoms with Crippen LogP contribution in [0.1, 0.15) is 6.42 Å². The molecule has 1 rings (SSSR count). The summed E-state index contributed by atoms with van der Waals surface area (Å²) in [5.74, 6) is -1.33. The van der Waals surface area contributed by atoms with Gasteiger partial charge in [0, 0.05) is 6.54 Å². The summed E-state index contributed by atoms with van der Waals surface area (Å²) in [5, 5.41) is 17.2. The molecule has 0 spiro atoms. The Kier molecular flexibility index (Phi) is 1.80. The van der Waals surface area contributed by atoms with Crippen molar-refractivity contribution in [3.63, 3.8) is 0 Å². The van der Waals surface area contributed by atoms with Gasteiger partial charge in [0.15, 0.2) is 5.76 Å². The molecule has 0 aliphatic carbocycles. The van der Waals surface area contributed by atoms with Gasteiger partial charge in [-0.1, -0.05) is 0 Å². The van der Waals surface area contributed by atoms with E-state index in [2.05, 4.69) is 0 Å². The summed E-state index contributed by atoms with van der Waals surface area (Å²) in [6.45, 7) is 0.123. The Morgan fingerprint density at radius 1 is 1.64 bits per heavy atom. The number of aliphatic hydroxyl groups is 1. The van der Waals surface area contributed by atoms with Crippen molar-refractivity contribution in [2.45, 2.75) is 6.42 Å². The molecule has 0 bridgehead atoms. The van der Waals surface area contributed by atoms with Crippen molar-refractivity contribution in [3.05, 3.63) is 11.8 Å². The SMILES string of the molecule is O=C(O)N1CCC=C(O)C1=O. The van der Waals surface area contributed by atoms with Gasteiger partial charge in [-0.3, -0.25) is 4.79 Å². The lowest BCUT2D eigenvalue weighted by atomic mass is 10.2. The van der Waals surface area contributed by atoms with Crippen molar-refractivity contribution in [2.24, 2.45) is 0 Å². The molecule has 0 atom stereocenters. The molecule has 0 aromatic rings. The highest BCUT2D eigenvalue weighted by Gasteiger charge is 2.26. The van der Waals surface area contributed by atoms with Gasteiger partial charge in [-0.25, -0.2) is 9.69 Å². The summed E-state index contributed by atoms with van der Waals surface area (Å²) < 4.78 is 0. The van der Waals surface area contributed by atoms with Crippen LogP contribution < -0.4 is 0 Å². The molecule has 1 heterocycles. The maximum absolute atomic E-state index is 10.8. The Morgan fingerprint density at radius 2 is 2.27 bits per heavy atom. The first-order valence-electron chi connectivity index (χ1n) is 3.07. The smallest absolute Gasteiger partial charge is 0.414 e. The first kappa shape index (κ1) is 7.59. The van der Waals surface area contributed by atoms with E-state index in [4.69, 9.17) is 10.2 Å². The molecule has 0 aromatic carbocycles. The van der Waals surface area contributed by atoms with Crippen LogP contribution in [-0.2, 0) is 4.79 Å². The van der Waals surface area contributed by atoms with Crippen LogP contribution >= 0.6 is 0 Å². The van der Waals surface area contributed by atoms with Gasteiger partial charge in [0.05, 0.1) is 0 Å². The fourth-order valence-corrected chi connectivity index (χ4v) is 0.840. The number of imide groups is 1. The normalized spacial score (nSPS) is 18.0. The minimum atomic E-state index is -1.32. The molecule has 60 valence electrons. The molecule has 11 heavy (non-hydrogen) atoms. The molecule has 5 heteroatoms. The third-order valence-corrected chi connectivity index (χ3v) is 1.39. The van der Waals surface area contributed by atoms with Crippen molar-refractivity contribution < 1.29 is 19.8 Å². The van der Waals surface area contributed by atoms with Gasteiger partial charge in [0.2, 0.25) is 0 Å². The summed E-state index contributed by atoms with van der Waals surface area (Å²) in [7, 11) is 0. The summed E-state index contributed by atoms with van der Waals surface area (Å²) in [5.41, 5.74) is 0. The van der Waals surface area contributed by atoms with Crippen LogP contribution in [0.5, 0.6) is 0 Å². The van der Waals surface area contributed by atoms with E-state index in [1.807, 2.05) is 0 Å². The topological polar surface area (TPSA) is 77.8 Å². The van der Waals surface area contributed by atoms with Crippen molar-refractivity contribution in [1.82, 2.24) is 4.90 Å². The molecule has 0 fully saturated rings. The first-order chi connectivity index (χ1) is 5.13. The zero-order valence-electron chi connectivity index (χ0n) is 5.65. The third kappa shape index (κ3) is 1.31. The lowest BCUT2D eigenvalue weighted by Gasteiger charge is -2.19. The average molecular weight is 157 g/mol. The number of carboxylic acid groups (broad SMARTS) is 1. The average Bonchev–Trinajstić information content (AvgIpc) is 1.94. The summed E-state index contributed by atoms with van der Waals surface area (Å²) in [6.07, 6.45) is 0.362. The van der Waals surface area contributed by atoms with E-state index in [1.54, 1.807) is 0 Å². The van der Waals surface area contributed by atoms with Gasteiger partial charge in [-0.15, -0.1) is 0 Å². The Morgan fingerprint density at radius 3 is 2.73 bits per heavy atom. The number of carbonyl (C=O) groups excluding carboxylic acids is 1. The highest BCUT2D eigenvalue weighted by molar-refractivity contribution is 6.00. The van der Waals surface area contributed by atoms with E-state index in [9.17, 15) is 9.59 Å². The van der Waals surface area contributed by atoms with E-state index in [0.29, 0.717) is 11.3 Å². The summed E-state index contributed by atoms with van der Waals surface area (Å²) in [4.78, 5) is 21.6. The molecular formula is C6H7NO4. The van der Waals surface area contributed by atoms with E-state index in [-0.39, 0.29) is 6.54 Å². The lowest BCUT2D eigenvalue weighted by Crippen LogP contribution is -2.39. The number of aliphatic hydroxyl groups excluding tert-OH is 1. The second-order valence-electron chi connectivity index (χ2n) is 2.12. The largest absolute Gasteiger partial charge is 0.503 e. The lowest BCUT2D eigenvalue weighted by molar-refractivity contribution is -0.128. The van der Waals surface area contributed by atoms with Crippen LogP contribution in [0.4, 0.5) is 4.79 Å². The number of rotatable bonds is 0. The molecule has 5 nitrogen and oxygen atoms in total. The minimum Gasteiger partial charge on any atom is -0.503 e. The van der Waals surface area contributed by atoms with Gasteiger partial charge in [0.25, 0.3) is 5.91 Å². The maximum Gasteiger partial charge on any atom is 0.414 e. The summed E-state index contributed by atoms with van der Waals surface area (Å²) >= 11 is 0. The van der Waals surface area contributed by atoms with E-state index < -0.39 is 17.8 Å². The Bertz CT molecular complexity index is 233. The molecule has 0 aromatic heterocycles. The number of hydrogen-bond donors (Lipinski definition) is 2. The molecule has 1 aliphatic heterocycles. The van der Waals surface area contributed by atoms with E-state index in [0.717, 1.165) is 0 Å². The summed E-state index contributed by atoms with van der Waals surface area (Å²) in [6, 6.07) is 0. The highest BCUT2D eigenvalue weighted by Crippen LogP contribution is 2.08. The van der Waals surface area contributed by atoms with Crippen LogP contribution in [-0.4, -0.2) is 33.7 Å². The predicted molar refractivity (Wildman–Crippen MR) is 35.1 cm³/mol. The van der Waals surface area contributed by atoms with Crippen molar-refractivity contribution >= 4 is 12.0 Å². The van der Waals surface area contributed by atoms with Crippen LogP contribution in [0.3, 0.4) is 0 Å². The zero-order chi connectivity index (χ0) is 8.43. The van der Waals surface area contributed by atoms with Crippen LogP contribution in [0.25, 0.3) is 0 Å². The third-order valence-electron chi connectivity index (χ3n) is 1.39. The molecule has 0 saturated carbocycles. The molecule has 2 N–H and O–H groups in total. The van der Waals surface area contributed by atoms with Gasteiger partial charge in [0.1, 0.15) is 0 Å². The quantitative estimate of drug-likeness (QED) is 0.531. The molecular weight excluding hydrogens is 150 g/mol. The second-order valence-corrected chi connectivity index (χ2v) is 2.12. The standard InChI is InChI=1S/C6H7NO4/c8-4-2-1-3-7(5(4)9)6(10)11/h2,8H,1,3H2,(H,10,11). The van der Waals surface area contributed by atoms with E-state index in [1.165, 1.54) is 6.08 Å². The molecule has 0 radical (unpaired) electrons. The Balaban J connectivity index is 2.81. The zero-order valence-corrected chi connectivity index (χ0v) is 5.65. The van der Waals surface area contributed by atoms with Gasteiger partial charge in [-0.2, -0.15) is 0 Å². The number of amides is 2. The monoisotopic (exact) mass is 157 g/mol. The Labute approximate surface area is 62.5 Å². The molecule has 0 saturated heterocycles. The second kappa shape index (κ2) is 2.61. The predicted octanol–water partition coefficient (Wildman–Crippen LogP) is 0.339. The minimum absolute atomic E-state index is 0.123. The fourth-order valence-electron chi connectivity index (χ4n) is 0.840. The highest BCUT2D eigenvalue weighted by atomic mass is 16.4. The van der Waals surface area contributed by atoms with Crippen molar-refractivity contribution in [2.75, 3.05) is 6.54 Å². The van der Waals surface area contributed by atoms with Crippen molar-refractivity contribution in [3.8, 4) is 0 Å². The van der Waals surface area contributed by atoms with Gasteiger partial charge in [-0.05, 0) is 12.5 Å². The molecule has 1 aliphatic rings. The van der Waals surface area contributed by atoms with Crippen molar-refractivity contribution in [1.29, 1.82) is 0 Å². The van der Waals surface area contributed by atoms with Crippen LogP contribution in [0.15, 0.2) is 11.8 Å². The first-order valence-corrected chi connectivity index (χ1v) is 3.07. The fraction of sp³-hybridized carbons (Fsp3) is 0.333. The van der Waals surface area contributed by atoms with Gasteiger partial charge >= 0.3 is 6.09 Å². The molecule has 0 unspecified atom stereocenters. The number of carbonyl (C=O) groups is 2. The van der Waals surface area contributed by atoms with Gasteiger partial charge < -0.3 is 10.2 Å².